The molecule has 0 aliphatic heterocycles. The van der Waals surface area contributed by atoms with Crippen molar-refractivity contribution in [1.29, 1.82) is 0 Å². The molecule has 0 saturated heterocycles. The molecule has 0 aliphatic rings. The number of anilines is 1. The molecule has 2 aromatic heterocycles. The second-order valence-corrected chi connectivity index (χ2v) is 8.38. The smallest absolute Gasteiger partial charge is 0.271 e. The Labute approximate surface area is 145 Å². The average molecular weight is 356 g/mol. The minimum absolute atomic E-state index is 0.314. The fourth-order valence-corrected chi connectivity index (χ4v) is 4.46. The summed E-state index contributed by atoms with van der Waals surface area (Å²) >= 11 is 1.25. The third-order valence-electron chi connectivity index (χ3n) is 3.25. The van der Waals surface area contributed by atoms with Crippen LogP contribution in [0.5, 0.6) is 0 Å². The van der Waals surface area contributed by atoms with Crippen molar-refractivity contribution in [3.63, 3.8) is 0 Å². The topological polar surface area (TPSA) is 59.1 Å². The van der Waals surface area contributed by atoms with E-state index in [0.29, 0.717) is 9.90 Å². The summed E-state index contributed by atoms with van der Waals surface area (Å²) in [7, 11) is -3.54. The van der Waals surface area contributed by atoms with E-state index in [4.69, 9.17) is 0 Å². The summed E-state index contributed by atoms with van der Waals surface area (Å²) in [5.74, 6) is 0. The summed E-state index contributed by atoms with van der Waals surface area (Å²) in [6, 6.07) is 16.3. The van der Waals surface area contributed by atoms with Gasteiger partial charge in [-0.25, -0.2) is 8.42 Å². The van der Waals surface area contributed by atoms with Gasteiger partial charge in [0.2, 0.25) is 0 Å². The number of rotatable bonds is 5. The maximum atomic E-state index is 12.4. The van der Waals surface area contributed by atoms with Gasteiger partial charge >= 0.3 is 0 Å². The Hall–Kier alpha value is -2.44. The highest BCUT2D eigenvalue weighted by atomic mass is 32.2. The SMILES string of the molecule is Cc1ccc(S(=O)(=O)Nc2cccc(/C=C/c3ccccn3)c2)s1. The van der Waals surface area contributed by atoms with Crippen LogP contribution in [0, 0.1) is 6.92 Å². The Kier molecular flexibility index (Phi) is 4.78. The van der Waals surface area contributed by atoms with Crippen LogP contribution in [0.4, 0.5) is 5.69 Å². The average Bonchev–Trinajstić information content (AvgIpc) is 3.01. The molecular formula is C18H16N2O2S2. The Morgan fingerprint density at radius 3 is 2.62 bits per heavy atom. The first-order valence-electron chi connectivity index (χ1n) is 7.31. The van der Waals surface area contributed by atoms with Crippen molar-refractivity contribution in [1.82, 2.24) is 4.98 Å². The molecule has 2 heterocycles. The number of nitrogens with one attached hydrogen (secondary N) is 1. The van der Waals surface area contributed by atoms with Gasteiger partial charge in [0.05, 0.1) is 5.69 Å². The van der Waals surface area contributed by atoms with Crippen molar-refractivity contribution >= 4 is 39.2 Å². The molecule has 0 bridgehead atoms. The molecule has 1 aromatic carbocycles. The number of aromatic nitrogens is 1. The van der Waals surface area contributed by atoms with Crippen LogP contribution in [-0.4, -0.2) is 13.4 Å². The normalized spacial score (nSPS) is 11.7. The van der Waals surface area contributed by atoms with E-state index in [2.05, 4.69) is 9.71 Å². The Balaban J connectivity index is 1.79. The zero-order valence-electron chi connectivity index (χ0n) is 13.0. The molecule has 0 unspecified atom stereocenters. The summed E-state index contributed by atoms with van der Waals surface area (Å²) in [5, 5.41) is 0. The maximum absolute atomic E-state index is 12.4. The molecule has 0 aliphatic carbocycles. The standard InChI is InChI=1S/C18H16N2O2S2/c1-14-8-11-18(23-14)24(21,22)20-17-7-4-5-15(13-17)9-10-16-6-2-3-12-19-16/h2-13,20H,1H3/b10-9+. The van der Waals surface area contributed by atoms with Crippen molar-refractivity contribution in [3.8, 4) is 0 Å². The Morgan fingerprint density at radius 2 is 1.92 bits per heavy atom. The van der Waals surface area contributed by atoms with E-state index in [-0.39, 0.29) is 0 Å². The van der Waals surface area contributed by atoms with Gasteiger partial charge in [0, 0.05) is 16.8 Å². The molecule has 24 heavy (non-hydrogen) atoms. The number of nitrogens with zero attached hydrogens (tertiary/aromatic N) is 1. The van der Waals surface area contributed by atoms with Crippen LogP contribution in [-0.2, 0) is 10.0 Å². The molecule has 3 aromatic rings. The first-order chi connectivity index (χ1) is 11.5. The molecule has 0 fully saturated rings. The monoisotopic (exact) mass is 356 g/mol. The van der Waals surface area contributed by atoms with Gasteiger partial charge < -0.3 is 0 Å². The second kappa shape index (κ2) is 6.98. The highest BCUT2D eigenvalue weighted by Gasteiger charge is 2.16. The third kappa shape index (κ3) is 4.10. The number of hydrogen-bond donors (Lipinski definition) is 1. The molecule has 6 heteroatoms. The molecule has 3 rings (SSSR count). The van der Waals surface area contributed by atoms with E-state index in [1.165, 1.54) is 11.3 Å². The van der Waals surface area contributed by atoms with Gasteiger partial charge in [-0.2, -0.15) is 0 Å². The van der Waals surface area contributed by atoms with Gasteiger partial charge in [0.15, 0.2) is 0 Å². The predicted octanol–water partition coefficient (Wildman–Crippen LogP) is 4.42. The second-order valence-electron chi connectivity index (χ2n) is 5.18. The van der Waals surface area contributed by atoms with Gasteiger partial charge in [-0.05, 0) is 55.0 Å². The van der Waals surface area contributed by atoms with Gasteiger partial charge in [0.1, 0.15) is 4.21 Å². The fraction of sp³-hybridized carbons (Fsp3) is 0.0556. The number of hydrogen-bond acceptors (Lipinski definition) is 4. The quantitative estimate of drug-likeness (QED) is 0.736. The lowest BCUT2D eigenvalue weighted by atomic mass is 10.2. The van der Waals surface area contributed by atoms with E-state index in [0.717, 1.165) is 16.1 Å². The molecule has 0 spiro atoms. The van der Waals surface area contributed by atoms with Crippen molar-refractivity contribution in [2.24, 2.45) is 0 Å². The molecular weight excluding hydrogens is 340 g/mol. The lowest BCUT2D eigenvalue weighted by Crippen LogP contribution is -2.11. The number of benzene rings is 1. The van der Waals surface area contributed by atoms with Crippen molar-refractivity contribution in [2.45, 2.75) is 11.1 Å². The van der Waals surface area contributed by atoms with Crippen molar-refractivity contribution in [2.75, 3.05) is 4.72 Å². The van der Waals surface area contributed by atoms with E-state index in [9.17, 15) is 8.42 Å². The van der Waals surface area contributed by atoms with Crippen LogP contribution in [0.25, 0.3) is 12.2 Å². The molecule has 122 valence electrons. The summed E-state index contributed by atoms with van der Waals surface area (Å²) in [6.45, 7) is 1.88. The van der Waals surface area contributed by atoms with E-state index in [1.54, 1.807) is 30.5 Å². The fourth-order valence-electron chi connectivity index (χ4n) is 2.12. The van der Waals surface area contributed by atoms with Gasteiger partial charge in [-0.3, -0.25) is 9.71 Å². The summed E-state index contributed by atoms with van der Waals surface area (Å²) in [6.07, 6.45) is 5.51. The lowest BCUT2D eigenvalue weighted by Gasteiger charge is -2.07. The minimum atomic E-state index is -3.54. The highest BCUT2D eigenvalue weighted by molar-refractivity contribution is 7.94. The van der Waals surface area contributed by atoms with E-state index < -0.39 is 10.0 Å². The molecule has 0 saturated carbocycles. The molecule has 1 N–H and O–H groups in total. The molecule has 0 radical (unpaired) electrons. The van der Waals surface area contributed by atoms with Crippen LogP contribution in [0.3, 0.4) is 0 Å². The molecule has 0 amide bonds. The Bertz CT molecular complexity index is 961. The third-order valence-corrected chi connectivity index (χ3v) is 6.13. The van der Waals surface area contributed by atoms with Crippen LogP contribution >= 0.6 is 11.3 Å². The summed E-state index contributed by atoms with van der Waals surface area (Å²) < 4.78 is 27.7. The van der Waals surface area contributed by atoms with E-state index in [1.807, 2.05) is 49.4 Å². The summed E-state index contributed by atoms with van der Waals surface area (Å²) in [4.78, 5) is 5.18. The van der Waals surface area contributed by atoms with Crippen molar-refractivity contribution in [3.05, 3.63) is 76.9 Å². The largest absolute Gasteiger partial charge is 0.279 e. The number of pyridine rings is 1. The first kappa shape index (κ1) is 16.4. The highest BCUT2D eigenvalue weighted by Crippen LogP contribution is 2.24. The van der Waals surface area contributed by atoms with Crippen LogP contribution in [0.15, 0.2) is 65.0 Å². The number of thiophene rings is 1. The zero-order valence-corrected chi connectivity index (χ0v) is 14.6. The van der Waals surface area contributed by atoms with Gasteiger partial charge in [0.25, 0.3) is 10.0 Å². The summed E-state index contributed by atoms with van der Waals surface area (Å²) in [5.41, 5.74) is 2.27. The molecule has 0 atom stereocenters. The minimum Gasteiger partial charge on any atom is -0.279 e. The molecule has 4 nitrogen and oxygen atoms in total. The van der Waals surface area contributed by atoms with E-state index >= 15 is 0 Å². The van der Waals surface area contributed by atoms with Crippen LogP contribution in [0.2, 0.25) is 0 Å². The van der Waals surface area contributed by atoms with Crippen molar-refractivity contribution < 1.29 is 8.42 Å². The van der Waals surface area contributed by atoms with Crippen LogP contribution in [0.1, 0.15) is 16.1 Å². The van der Waals surface area contributed by atoms with Gasteiger partial charge in [-0.15, -0.1) is 11.3 Å². The van der Waals surface area contributed by atoms with Gasteiger partial charge in [-0.1, -0.05) is 24.3 Å². The zero-order chi connectivity index (χ0) is 17.0. The van der Waals surface area contributed by atoms with Crippen LogP contribution < -0.4 is 4.72 Å². The lowest BCUT2D eigenvalue weighted by molar-refractivity contribution is 0.603. The number of aryl methyl sites for hydroxylation is 1. The first-order valence-corrected chi connectivity index (χ1v) is 9.61. The maximum Gasteiger partial charge on any atom is 0.271 e. The number of sulfonamides is 1. The predicted molar refractivity (Wildman–Crippen MR) is 99.5 cm³/mol. The Morgan fingerprint density at radius 1 is 1.04 bits per heavy atom.